The third kappa shape index (κ3) is 1.88. The van der Waals surface area contributed by atoms with Crippen LogP contribution in [-0.4, -0.2) is 24.9 Å². The number of nitrogens with one attached hydrogen (secondary N) is 1. The first-order valence-corrected chi connectivity index (χ1v) is 7.09. The van der Waals surface area contributed by atoms with Gasteiger partial charge in [0, 0.05) is 11.1 Å². The van der Waals surface area contributed by atoms with E-state index >= 15 is 0 Å². The van der Waals surface area contributed by atoms with Gasteiger partial charge in [-0.15, -0.1) is 11.3 Å². The van der Waals surface area contributed by atoms with Crippen molar-refractivity contribution in [3.63, 3.8) is 0 Å². The summed E-state index contributed by atoms with van der Waals surface area (Å²) in [6.45, 7) is 3.35. The number of hydrogen-bond donors (Lipinski definition) is 1. The lowest BCUT2D eigenvalue weighted by atomic mass is 10.4. The topological polar surface area (TPSA) is 80.5 Å². The normalized spacial score (nSPS) is 12.2. The molecule has 92 valence electrons. The molecule has 8 heteroatoms. The molecular formula is C9H11N3O3S2. The van der Waals surface area contributed by atoms with Gasteiger partial charge in [0.1, 0.15) is 0 Å². The molecule has 0 aromatic carbocycles. The summed E-state index contributed by atoms with van der Waals surface area (Å²) in [5.74, 6) is 0. The number of rotatable bonds is 2. The van der Waals surface area contributed by atoms with Crippen molar-refractivity contribution in [2.24, 2.45) is 0 Å². The van der Waals surface area contributed by atoms with Crippen LogP contribution >= 0.6 is 11.3 Å². The molecular weight excluding hydrogens is 262 g/mol. The molecule has 0 amide bonds. The van der Waals surface area contributed by atoms with Gasteiger partial charge >= 0.3 is 0 Å². The molecule has 6 nitrogen and oxygen atoms in total. The Hall–Kier alpha value is -1.25. The molecule has 0 spiro atoms. The summed E-state index contributed by atoms with van der Waals surface area (Å²) in [5, 5.41) is 0. The largest absolute Gasteiger partial charge is 0.279 e. The highest BCUT2D eigenvalue weighted by molar-refractivity contribution is 7.89. The van der Waals surface area contributed by atoms with Crippen molar-refractivity contribution in [1.29, 1.82) is 0 Å². The van der Waals surface area contributed by atoms with Crippen LogP contribution in [-0.2, 0) is 10.0 Å². The van der Waals surface area contributed by atoms with Crippen molar-refractivity contribution in [1.82, 2.24) is 14.1 Å². The molecule has 0 atom stereocenters. The minimum Gasteiger partial charge on any atom is -0.267 e. The predicted octanol–water partition coefficient (Wildman–Crippen LogP) is 0.281. The lowest BCUT2D eigenvalue weighted by molar-refractivity contribution is 0.585. The number of nitrogens with zero attached hydrogens (tertiary/aromatic N) is 2. The van der Waals surface area contributed by atoms with E-state index < -0.39 is 15.6 Å². The molecule has 2 heterocycles. The molecule has 0 unspecified atom stereocenters. The molecule has 2 aromatic heterocycles. The van der Waals surface area contributed by atoms with E-state index in [0.717, 1.165) is 4.88 Å². The molecule has 17 heavy (non-hydrogen) atoms. The Morgan fingerprint density at radius 3 is 2.65 bits per heavy atom. The molecule has 2 aromatic rings. The maximum absolute atomic E-state index is 12.1. The van der Waals surface area contributed by atoms with Crippen LogP contribution in [0.1, 0.15) is 10.6 Å². The summed E-state index contributed by atoms with van der Waals surface area (Å²) in [6, 6.07) is 0. The zero-order chi connectivity index (χ0) is 12.8. The van der Waals surface area contributed by atoms with E-state index in [1.807, 2.05) is 6.92 Å². The standard InChI is InChI=1S/C9H11N3O3S2/c1-5-4-12-8(13)7(17(14,15)10-3)6(2)11-9(12)16-5/h4,10H,1-3H3. The zero-order valence-electron chi connectivity index (χ0n) is 9.51. The first-order valence-electron chi connectivity index (χ1n) is 4.80. The Morgan fingerprint density at radius 2 is 2.06 bits per heavy atom. The zero-order valence-corrected chi connectivity index (χ0v) is 11.1. The van der Waals surface area contributed by atoms with Crippen molar-refractivity contribution >= 4 is 26.3 Å². The smallest absolute Gasteiger partial charge is 0.267 e. The minimum absolute atomic E-state index is 0.214. The van der Waals surface area contributed by atoms with Gasteiger partial charge in [-0.25, -0.2) is 18.1 Å². The van der Waals surface area contributed by atoms with Gasteiger partial charge in [0.25, 0.3) is 5.56 Å². The quantitative estimate of drug-likeness (QED) is 0.852. The second-order valence-corrected chi connectivity index (χ2v) is 6.57. The number of hydrogen-bond acceptors (Lipinski definition) is 5. The first-order chi connectivity index (χ1) is 7.86. The molecule has 0 bridgehead atoms. The molecule has 0 aliphatic rings. The lowest BCUT2D eigenvalue weighted by Gasteiger charge is -2.04. The van der Waals surface area contributed by atoms with Crippen LogP contribution in [0, 0.1) is 13.8 Å². The number of fused-ring (bicyclic) bond motifs is 1. The van der Waals surface area contributed by atoms with Gasteiger partial charge in [-0.2, -0.15) is 0 Å². The molecule has 0 radical (unpaired) electrons. The maximum Gasteiger partial charge on any atom is 0.279 e. The summed E-state index contributed by atoms with van der Waals surface area (Å²) in [7, 11) is -2.52. The van der Waals surface area contributed by atoms with E-state index in [1.54, 1.807) is 6.20 Å². The van der Waals surface area contributed by atoms with Crippen molar-refractivity contribution in [3.05, 3.63) is 27.1 Å². The number of aryl methyl sites for hydroxylation is 2. The van der Waals surface area contributed by atoms with Crippen LogP contribution in [0.15, 0.2) is 15.9 Å². The highest BCUT2D eigenvalue weighted by Crippen LogP contribution is 2.16. The summed E-state index contributed by atoms with van der Waals surface area (Å²) < 4.78 is 26.9. The number of aromatic nitrogens is 2. The Bertz CT molecular complexity index is 743. The lowest BCUT2D eigenvalue weighted by Crippen LogP contribution is -2.30. The minimum atomic E-state index is -3.78. The fourth-order valence-corrected chi connectivity index (χ4v) is 3.38. The van der Waals surface area contributed by atoms with E-state index in [1.165, 1.54) is 29.7 Å². The Labute approximate surface area is 102 Å². The Kier molecular flexibility index (Phi) is 2.80. The van der Waals surface area contributed by atoms with E-state index in [9.17, 15) is 13.2 Å². The summed E-state index contributed by atoms with van der Waals surface area (Å²) >= 11 is 1.34. The van der Waals surface area contributed by atoms with Crippen LogP contribution < -0.4 is 10.3 Å². The van der Waals surface area contributed by atoms with Gasteiger partial charge in [-0.1, -0.05) is 0 Å². The molecule has 0 saturated heterocycles. The Balaban J connectivity index is 2.96. The maximum atomic E-state index is 12.1. The van der Waals surface area contributed by atoms with Crippen LogP contribution in [0.5, 0.6) is 0 Å². The van der Waals surface area contributed by atoms with Gasteiger partial charge in [0.05, 0.1) is 5.69 Å². The highest BCUT2D eigenvalue weighted by atomic mass is 32.2. The van der Waals surface area contributed by atoms with Crippen molar-refractivity contribution in [2.75, 3.05) is 7.05 Å². The SMILES string of the molecule is CNS(=O)(=O)c1c(C)nc2sc(C)cn2c1=O. The van der Waals surface area contributed by atoms with E-state index in [4.69, 9.17) is 0 Å². The average Bonchev–Trinajstić information content (AvgIpc) is 2.58. The van der Waals surface area contributed by atoms with Gasteiger partial charge in [-0.3, -0.25) is 9.20 Å². The third-order valence-electron chi connectivity index (χ3n) is 2.31. The predicted molar refractivity (Wildman–Crippen MR) is 65.1 cm³/mol. The molecule has 0 fully saturated rings. The van der Waals surface area contributed by atoms with Crippen LogP contribution in [0.3, 0.4) is 0 Å². The second kappa shape index (κ2) is 3.90. The molecule has 0 aliphatic heterocycles. The molecule has 2 rings (SSSR count). The number of sulfonamides is 1. The highest BCUT2D eigenvalue weighted by Gasteiger charge is 2.22. The van der Waals surface area contributed by atoms with Crippen LogP contribution in [0.25, 0.3) is 4.96 Å². The summed E-state index contributed by atoms with van der Waals surface area (Å²) in [5.41, 5.74) is -0.350. The van der Waals surface area contributed by atoms with Crippen LogP contribution in [0.4, 0.5) is 0 Å². The average molecular weight is 273 g/mol. The fourth-order valence-electron chi connectivity index (χ4n) is 1.55. The number of thiazole rings is 1. The van der Waals surface area contributed by atoms with Crippen LogP contribution in [0.2, 0.25) is 0 Å². The van der Waals surface area contributed by atoms with Gasteiger partial charge in [0.2, 0.25) is 10.0 Å². The third-order valence-corrected chi connectivity index (χ3v) is 4.75. The van der Waals surface area contributed by atoms with Crippen molar-refractivity contribution in [2.45, 2.75) is 18.7 Å². The van der Waals surface area contributed by atoms with E-state index in [0.29, 0.717) is 4.96 Å². The Morgan fingerprint density at radius 1 is 1.41 bits per heavy atom. The van der Waals surface area contributed by atoms with Gasteiger partial charge in [-0.05, 0) is 20.9 Å². The van der Waals surface area contributed by atoms with Crippen molar-refractivity contribution in [3.8, 4) is 0 Å². The molecule has 0 aliphatic carbocycles. The molecule has 1 N–H and O–H groups in total. The summed E-state index contributed by atoms with van der Waals surface area (Å²) in [4.78, 5) is 17.3. The summed E-state index contributed by atoms with van der Waals surface area (Å²) in [6.07, 6.45) is 1.59. The monoisotopic (exact) mass is 273 g/mol. The van der Waals surface area contributed by atoms with E-state index in [2.05, 4.69) is 9.71 Å². The second-order valence-electron chi connectivity index (χ2n) is 3.53. The first kappa shape index (κ1) is 12.2. The van der Waals surface area contributed by atoms with Gasteiger partial charge < -0.3 is 0 Å². The van der Waals surface area contributed by atoms with Gasteiger partial charge in [0.15, 0.2) is 9.86 Å². The molecule has 0 saturated carbocycles. The fraction of sp³-hybridized carbons (Fsp3) is 0.333. The van der Waals surface area contributed by atoms with E-state index in [-0.39, 0.29) is 10.6 Å². The van der Waals surface area contributed by atoms with Crippen molar-refractivity contribution < 1.29 is 8.42 Å².